The lowest BCUT2D eigenvalue weighted by atomic mass is 9.89. The molecule has 1 atom stereocenters. The Morgan fingerprint density at radius 1 is 1.65 bits per heavy atom. The van der Waals surface area contributed by atoms with Crippen LogP contribution in [0.1, 0.15) is 29.3 Å². The van der Waals surface area contributed by atoms with Gasteiger partial charge in [0.2, 0.25) is 5.91 Å². The first kappa shape index (κ1) is 16.0. The molecule has 120 valence electrons. The maximum atomic E-state index is 12.2. The zero-order valence-electron chi connectivity index (χ0n) is 13.0. The highest BCUT2D eigenvalue weighted by molar-refractivity contribution is 7.99. The summed E-state index contributed by atoms with van der Waals surface area (Å²) in [7, 11) is 1.84. The predicted octanol–water partition coefficient (Wildman–Crippen LogP) is 2.60. The highest BCUT2D eigenvalue weighted by Gasteiger charge is 2.24. The molecule has 2 heterocycles. The normalized spacial score (nSPS) is 16.7. The molecule has 0 spiro atoms. The Kier molecular flexibility index (Phi) is 4.68. The third kappa shape index (κ3) is 3.41. The first-order valence-electron chi connectivity index (χ1n) is 7.39. The summed E-state index contributed by atoms with van der Waals surface area (Å²) in [4.78, 5) is 13.4. The molecule has 0 saturated carbocycles. The second-order valence-corrected chi connectivity index (χ2v) is 7.78. The Morgan fingerprint density at radius 3 is 3.17 bits per heavy atom. The first-order valence-corrected chi connectivity index (χ1v) is 9.20. The number of thioether (sulfide) groups is 1. The van der Waals surface area contributed by atoms with Crippen LogP contribution in [0.4, 0.5) is 5.00 Å². The minimum atomic E-state index is -0.124. The van der Waals surface area contributed by atoms with Crippen molar-refractivity contribution in [1.29, 1.82) is 5.26 Å². The molecule has 1 N–H and O–H groups in total. The minimum Gasteiger partial charge on any atom is -0.316 e. The van der Waals surface area contributed by atoms with Crippen LogP contribution in [0.2, 0.25) is 0 Å². The number of amides is 1. The summed E-state index contributed by atoms with van der Waals surface area (Å²) >= 11 is 2.88. The molecule has 0 fully saturated rings. The minimum absolute atomic E-state index is 0.124. The number of aromatic nitrogens is 3. The van der Waals surface area contributed by atoms with Crippen molar-refractivity contribution in [2.24, 2.45) is 13.0 Å². The number of carbonyl (C=O) groups excluding carboxylic acids is 1. The quantitative estimate of drug-likeness (QED) is 0.860. The van der Waals surface area contributed by atoms with Gasteiger partial charge in [0.1, 0.15) is 17.4 Å². The largest absolute Gasteiger partial charge is 0.316 e. The molecule has 1 aliphatic carbocycles. The smallest absolute Gasteiger partial charge is 0.235 e. The van der Waals surface area contributed by atoms with E-state index >= 15 is 0 Å². The topological polar surface area (TPSA) is 83.6 Å². The molecule has 0 bridgehead atoms. The van der Waals surface area contributed by atoms with Gasteiger partial charge in [-0.15, -0.1) is 21.5 Å². The number of aryl methyl sites for hydroxylation is 1. The van der Waals surface area contributed by atoms with Crippen LogP contribution in [-0.4, -0.2) is 26.4 Å². The molecule has 0 aromatic carbocycles. The van der Waals surface area contributed by atoms with Crippen LogP contribution >= 0.6 is 23.1 Å². The summed E-state index contributed by atoms with van der Waals surface area (Å²) < 4.78 is 1.77. The van der Waals surface area contributed by atoms with Gasteiger partial charge in [0.15, 0.2) is 5.16 Å². The van der Waals surface area contributed by atoms with Crippen molar-refractivity contribution in [3.05, 3.63) is 22.3 Å². The van der Waals surface area contributed by atoms with Gasteiger partial charge in [-0.2, -0.15) is 5.26 Å². The second kappa shape index (κ2) is 6.72. The lowest BCUT2D eigenvalue weighted by molar-refractivity contribution is -0.113. The molecule has 23 heavy (non-hydrogen) atoms. The van der Waals surface area contributed by atoms with E-state index in [1.807, 2.05) is 7.05 Å². The van der Waals surface area contributed by atoms with E-state index in [9.17, 15) is 10.1 Å². The molecule has 3 rings (SSSR count). The number of carbonyl (C=O) groups is 1. The Bertz CT molecular complexity index is 773. The van der Waals surface area contributed by atoms with Crippen molar-refractivity contribution in [2.75, 3.05) is 11.1 Å². The van der Waals surface area contributed by atoms with E-state index in [0.29, 0.717) is 21.6 Å². The number of rotatable bonds is 4. The highest BCUT2D eigenvalue weighted by Crippen LogP contribution is 2.39. The van der Waals surface area contributed by atoms with E-state index in [1.54, 1.807) is 22.2 Å². The van der Waals surface area contributed by atoms with Crippen LogP contribution in [0.3, 0.4) is 0 Å². The van der Waals surface area contributed by atoms with Crippen molar-refractivity contribution in [3.8, 4) is 6.07 Å². The fourth-order valence-electron chi connectivity index (χ4n) is 2.65. The van der Waals surface area contributed by atoms with Gasteiger partial charge >= 0.3 is 0 Å². The average molecular weight is 347 g/mol. The van der Waals surface area contributed by atoms with Crippen LogP contribution < -0.4 is 5.32 Å². The highest BCUT2D eigenvalue weighted by atomic mass is 32.2. The summed E-state index contributed by atoms with van der Waals surface area (Å²) in [6, 6.07) is 2.27. The van der Waals surface area contributed by atoms with Gasteiger partial charge in [0, 0.05) is 11.9 Å². The number of anilines is 1. The molecule has 6 nitrogen and oxygen atoms in total. The number of hydrogen-bond donors (Lipinski definition) is 1. The summed E-state index contributed by atoms with van der Waals surface area (Å²) in [6.45, 7) is 2.23. The van der Waals surface area contributed by atoms with Crippen molar-refractivity contribution in [3.63, 3.8) is 0 Å². The number of hydrogen-bond acceptors (Lipinski definition) is 6. The molecule has 1 aliphatic rings. The van der Waals surface area contributed by atoms with Gasteiger partial charge in [0.25, 0.3) is 0 Å². The molecule has 2 aromatic rings. The first-order chi connectivity index (χ1) is 11.1. The summed E-state index contributed by atoms with van der Waals surface area (Å²) in [5.41, 5.74) is 1.78. The van der Waals surface area contributed by atoms with Crippen LogP contribution in [0.5, 0.6) is 0 Å². The standard InChI is InChI=1S/C15H17N5OS2/c1-9-3-4-10-11(6-16)14(23-12(10)5-9)18-13(21)7-22-15-19-17-8-20(15)2/h8-9H,3-5,7H2,1-2H3,(H,18,21). The van der Waals surface area contributed by atoms with Crippen LogP contribution in [-0.2, 0) is 24.7 Å². The average Bonchev–Trinajstić information content (AvgIpc) is 3.07. The summed E-state index contributed by atoms with van der Waals surface area (Å²) in [6.07, 6.45) is 4.63. The van der Waals surface area contributed by atoms with Crippen LogP contribution in [0, 0.1) is 17.2 Å². The van der Waals surface area contributed by atoms with Crippen molar-refractivity contribution < 1.29 is 4.79 Å². The Balaban J connectivity index is 1.69. The number of nitrogens with one attached hydrogen (secondary N) is 1. The number of nitriles is 1. The van der Waals surface area contributed by atoms with Crippen molar-refractivity contribution in [2.45, 2.75) is 31.3 Å². The lowest BCUT2D eigenvalue weighted by Crippen LogP contribution is -2.14. The number of fused-ring (bicyclic) bond motifs is 1. The second-order valence-electron chi connectivity index (χ2n) is 5.73. The Labute approximate surface area is 142 Å². The summed E-state index contributed by atoms with van der Waals surface area (Å²) in [5, 5.41) is 21.4. The van der Waals surface area contributed by atoms with Gasteiger partial charge in [0.05, 0.1) is 11.3 Å². The van der Waals surface area contributed by atoms with E-state index in [4.69, 9.17) is 0 Å². The predicted molar refractivity (Wildman–Crippen MR) is 90.6 cm³/mol. The lowest BCUT2D eigenvalue weighted by Gasteiger charge is -2.17. The van der Waals surface area contributed by atoms with Gasteiger partial charge in [-0.05, 0) is 30.7 Å². The van der Waals surface area contributed by atoms with E-state index in [2.05, 4.69) is 28.5 Å². The maximum Gasteiger partial charge on any atom is 0.235 e. The van der Waals surface area contributed by atoms with Gasteiger partial charge in [-0.25, -0.2) is 0 Å². The maximum absolute atomic E-state index is 12.2. The van der Waals surface area contributed by atoms with Gasteiger partial charge in [-0.1, -0.05) is 18.7 Å². The molecule has 1 unspecified atom stereocenters. The van der Waals surface area contributed by atoms with Crippen molar-refractivity contribution >= 4 is 34.0 Å². The Morgan fingerprint density at radius 2 is 2.48 bits per heavy atom. The Hall–Kier alpha value is -1.85. The molecular formula is C15H17N5OS2. The fourth-order valence-corrected chi connectivity index (χ4v) is 4.72. The van der Waals surface area contributed by atoms with Crippen molar-refractivity contribution in [1.82, 2.24) is 14.8 Å². The molecule has 0 aliphatic heterocycles. The molecule has 0 saturated heterocycles. The number of thiophene rings is 1. The molecule has 2 aromatic heterocycles. The van der Waals surface area contributed by atoms with Crippen LogP contribution in [0.25, 0.3) is 0 Å². The molecular weight excluding hydrogens is 330 g/mol. The van der Waals surface area contributed by atoms with Crippen LogP contribution in [0.15, 0.2) is 11.5 Å². The zero-order valence-corrected chi connectivity index (χ0v) is 14.6. The fraction of sp³-hybridized carbons (Fsp3) is 0.467. The van der Waals surface area contributed by atoms with Gasteiger partial charge < -0.3 is 9.88 Å². The SMILES string of the molecule is CC1CCc2c(sc(NC(=O)CSc3nncn3C)c2C#N)C1. The van der Waals surface area contributed by atoms with E-state index in [0.717, 1.165) is 24.8 Å². The monoisotopic (exact) mass is 347 g/mol. The molecule has 1 amide bonds. The number of nitrogens with zero attached hydrogens (tertiary/aromatic N) is 4. The van der Waals surface area contributed by atoms with E-state index in [1.165, 1.54) is 16.6 Å². The summed E-state index contributed by atoms with van der Waals surface area (Å²) in [5.74, 6) is 0.764. The van der Waals surface area contributed by atoms with E-state index in [-0.39, 0.29) is 11.7 Å². The molecule has 8 heteroatoms. The van der Waals surface area contributed by atoms with Gasteiger partial charge in [-0.3, -0.25) is 4.79 Å². The third-order valence-corrected chi connectivity index (χ3v) is 6.08. The third-order valence-electron chi connectivity index (χ3n) is 3.88. The molecule has 0 radical (unpaired) electrons. The zero-order chi connectivity index (χ0) is 16.4. The van der Waals surface area contributed by atoms with E-state index < -0.39 is 0 Å².